The zero-order chi connectivity index (χ0) is 10.7. The lowest BCUT2D eigenvalue weighted by molar-refractivity contribution is 0.0356. The normalized spacial score (nSPS) is 24.0. The number of nitrogens with two attached hydrogens (primary N) is 1. The molecule has 1 saturated heterocycles. The first kappa shape index (κ1) is 11.0. The van der Waals surface area contributed by atoms with Crippen LogP contribution in [0.3, 0.4) is 0 Å². The second-order valence-corrected chi connectivity index (χ2v) is 4.14. The van der Waals surface area contributed by atoms with Crippen LogP contribution in [0.5, 0.6) is 0 Å². The van der Waals surface area contributed by atoms with Gasteiger partial charge in [0.05, 0.1) is 12.6 Å². The van der Waals surface area contributed by atoms with Crippen LogP contribution in [0.4, 0.5) is 0 Å². The van der Waals surface area contributed by atoms with Gasteiger partial charge in [-0.2, -0.15) is 0 Å². The average molecular weight is 231 g/mol. The van der Waals surface area contributed by atoms with E-state index in [0.717, 1.165) is 25.2 Å². The summed E-state index contributed by atoms with van der Waals surface area (Å²) < 4.78 is 10.8. The molecular formula is C10H15ClN2O2. The first-order valence-corrected chi connectivity index (χ1v) is 5.48. The van der Waals surface area contributed by atoms with Crippen LogP contribution < -0.4 is 11.3 Å². The highest BCUT2D eigenvalue weighted by Gasteiger charge is 2.26. The SMILES string of the molecule is NNC(c1ccc(Cl)o1)C1CCCOC1. The molecule has 1 aliphatic heterocycles. The molecule has 84 valence electrons. The predicted octanol–water partition coefficient (Wildman–Crippen LogP) is 1.86. The Balaban J connectivity index is 2.08. The number of rotatable bonds is 3. The van der Waals surface area contributed by atoms with Gasteiger partial charge in [0.1, 0.15) is 5.76 Å². The minimum Gasteiger partial charge on any atom is -0.448 e. The van der Waals surface area contributed by atoms with Gasteiger partial charge in [-0.3, -0.25) is 5.84 Å². The van der Waals surface area contributed by atoms with Gasteiger partial charge < -0.3 is 9.15 Å². The number of hydrazine groups is 1. The van der Waals surface area contributed by atoms with E-state index in [4.69, 9.17) is 26.6 Å². The fraction of sp³-hybridized carbons (Fsp3) is 0.600. The highest BCUT2D eigenvalue weighted by Crippen LogP contribution is 2.30. The Kier molecular flexibility index (Phi) is 3.64. The number of nitrogens with one attached hydrogen (secondary N) is 1. The van der Waals surface area contributed by atoms with Gasteiger partial charge in [-0.25, -0.2) is 5.43 Å². The van der Waals surface area contributed by atoms with Gasteiger partial charge >= 0.3 is 0 Å². The second-order valence-electron chi connectivity index (χ2n) is 3.76. The summed E-state index contributed by atoms with van der Waals surface area (Å²) >= 11 is 5.73. The molecule has 3 N–H and O–H groups in total. The molecule has 15 heavy (non-hydrogen) atoms. The molecule has 2 atom stereocenters. The first-order valence-electron chi connectivity index (χ1n) is 5.10. The largest absolute Gasteiger partial charge is 0.448 e. The first-order chi connectivity index (χ1) is 7.31. The minimum atomic E-state index is -0.0159. The van der Waals surface area contributed by atoms with Gasteiger partial charge in [-0.05, 0) is 36.6 Å². The minimum absolute atomic E-state index is 0.0159. The highest BCUT2D eigenvalue weighted by molar-refractivity contribution is 6.28. The third kappa shape index (κ3) is 2.52. The van der Waals surface area contributed by atoms with Crippen molar-refractivity contribution in [2.75, 3.05) is 13.2 Å². The number of hydrogen-bond acceptors (Lipinski definition) is 4. The summed E-state index contributed by atoms with van der Waals surface area (Å²) in [6.07, 6.45) is 2.16. The van der Waals surface area contributed by atoms with Crippen molar-refractivity contribution in [3.05, 3.63) is 23.1 Å². The summed E-state index contributed by atoms with van der Waals surface area (Å²) in [7, 11) is 0. The van der Waals surface area contributed by atoms with Crippen molar-refractivity contribution in [3.8, 4) is 0 Å². The molecule has 0 saturated carbocycles. The van der Waals surface area contributed by atoms with E-state index in [0.29, 0.717) is 17.7 Å². The van der Waals surface area contributed by atoms with Crippen LogP contribution in [0.25, 0.3) is 0 Å². The molecular weight excluding hydrogens is 216 g/mol. The van der Waals surface area contributed by atoms with E-state index < -0.39 is 0 Å². The van der Waals surface area contributed by atoms with E-state index in [-0.39, 0.29) is 6.04 Å². The molecule has 1 fully saturated rings. The molecule has 1 aromatic rings. The van der Waals surface area contributed by atoms with Crippen molar-refractivity contribution in [1.29, 1.82) is 0 Å². The smallest absolute Gasteiger partial charge is 0.193 e. The van der Waals surface area contributed by atoms with E-state index in [1.165, 1.54) is 0 Å². The van der Waals surface area contributed by atoms with Gasteiger partial charge in [-0.1, -0.05) is 0 Å². The predicted molar refractivity (Wildman–Crippen MR) is 57.3 cm³/mol. The lowest BCUT2D eigenvalue weighted by Crippen LogP contribution is -2.37. The number of ether oxygens (including phenoxy) is 1. The Morgan fingerprint density at radius 3 is 2.93 bits per heavy atom. The zero-order valence-electron chi connectivity index (χ0n) is 8.41. The van der Waals surface area contributed by atoms with Crippen molar-refractivity contribution in [2.45, 2.75) is 18.9 Å². The van der Waals surface area contributed by atoms with Crippen molar-refractivity contribution in [3.63, 3.8) is 0 Å². The summed E-state index contributed by atoms with van der Waals surface area (Å²) in [5.41, 5.74) is 2.77. The van der Waals surface area contributed by atoms with E-state index in [2.05, 4.69) is 5.43 Å². The van der Waals surface area contributed by atoms with Crippen molar-refractivity contribution < 1.29 is 9.15 Å². The summed E-state index contributed by atoms with van der Waals surface area (Å²) in [4.78, 5) is 0. The maximum absolute atomic E-state index is 5.73. The topological polar surface area (TPSA) is 60.4 Å². The number of hydrogen-bond donors (Lipinski definition) is 2. The zero-order valence-corrected chi connectivity index (χ0v) is 9.17. The van der Waals surface area contributed by atoms with Gasteiger partial charge in [0, 0.05) is 12.5 Å². The second kappa shape index (κ2) is 4.99. The van der Waals surface area contributed by atoms with Crippen LogP contribution in [-0.4, -0.2) is 13.2 Å². The van der Waals surface area contributed by atoms with Crippen molar-refractivity contribution in [1.82, 2.24) is 5.43 Å². The Hall–Kier alpha value is -0.550. The van der Waals surface area contributed by atoms with Crippen molar-refractivity contribution >= 4 is 11.6 Å². The van der Waals surface area contributed by atoms with Crippen LogP contribution in [0.1, 0.15) is 24.6 Å². The maximum Gasteiger partial charge on any atom is 0.193 e. The molecule has 4 nitrogen and oxygen atoms in total. The highest BCUT2D eigenvalue weighted by atomic mass is 35.5. The van der Waals surface area contributed by atoms with Crippen LogP contribution in [0.2, 0.25) is 5.22 Å². The molecule has 2 heterocycles. The molecule has 5 heteroatoms. The van der Waals surface area contributed by atoms with Crippen molar-refractivity contribution in [2.24, 2.45) is 11.8 Å². The van der Waals surface area contributed by atoms with Crippen LogP contribution in [0, 0.1) is 5.92 Å². The lowest BCUT2D eigenvalue weighted by Gasteiger charge is -2.28. The number of halogens is 1. The fourth-order valence-corrected chi connectivity index (χ4v) is 2.13. The maximum atomic E-state index is 5.73. The molecule has 0 spiro atoms. The van der Waals surface area contributed by atoms with E-state index in [1.807, 2.05) is 6.07 Å². The molecule has 0 aromatic carbocycles. The number of furan rings is 1. The molecule has 0 amide bonds. The van der Waals surface area contributed by atoms with Gasteiger partial charge in [0.2, 0.25) is 0 Å². The molecule has 1 aromatic heterocycles. The van der Waals surface area contributed by atoms with Gasteiger partial charge in [0.15, 0.2) is 5.22 Å². The standard InChI is InChI=1S/C10H15ClN2O2/c11-9-4-3-8(15-9)10(13-12)7-2-1-5-14-6-7/h3-4,7,10,13H,1-2,5-6,12H2. The summed E-state index contributed by atoms with van der Waals surface area (Å²) in [6.45, 7) is 1.56. The van der Waals surface area contributed by atoms with E-state index in [1.54, 1.807) is 6.07 Å². The summed E-state index contributed by atoms with van der Waals surface area (Å²) in [6, 6.07) is 3.56. The molecule has 2 unspecified atom stereocenters. The quantitative estimate of drug-likeness (QED) is 0.615. The lowest BCUT2D eigenvalue weighted by atomic mass is 9.92. The Morgan fingerprint density at radius 2 is 2.40 bits per heavy atom. The Morgan fingerprint density at radius 1 is 1.53 bits per heavy atom. The van der Waals surface area contributed by atoms with E-state index >= 15 is 0 Å². The van der Waals surface area contributed by atoms with E-state index in [9.17, 15) is 0 Å². The Bertz CT molecular complexity index is 310. The van der Waals surface area contributed by atoms with Gasteiger partial charge in [0.25, 0.3) is 0 Å². The average Bonchev–Trinajstić information content (AvgIpc) is 2.68. The summed E-state index contributed by atoms with van der Waals surface area (Å²) in [5.74, 6) is 6.66. The van der Waals surface area contributed by atoms with Crippen LogP contribution >= 0.6 is 11.6 Å². The third-order valence-corrected chi connectivity index (χ3v) is 2.95. The molecule has 0 radical (unpaired) electrons. The fourth-order valence-electron chi connectivity index (χ4n) is 1.97. The third-order valence-electron chi connectivity index (χ3n) is 2.75. The Labute approximate surface area is 93.7 Å². The van der Waals surface area contributed by atoms with Gasteiger partial charge in [-0.15, -0.1) is 0 Å². The monoisotopic (exact) mass is 230 g/mol. The summed E-state index contributed by atoms with van der Waals surface area (Å²) in [5, 5.41) is 0.391. The van der Waals surface area contributed by atoms with Crippen LogP contribution in [-0.2, 0) is 4.74 Å². The molecule has 2 rings (SSSR count). The molecule has 0 bridgehead atoms. The van der Waals surface area contributed by atoms with Crippen LogP contribution in [0.15, 0.2) is 16.5 Å². The molecule has 1 aliphatic rings. The molecule has 0 aliphatic carbocycles.